The summed E-state index contributed by atoms with van der Waals surface area (Å²) in [6.45, 7) is 7.87. The maximum absolute atomic E-state index is 13.8. The van der Waals surface area contributed by atoms with Crippen LogP contribution in [0.25, 0.3) is 22.0 Å². The average Bonchev–Trinajstić information content (AvgIpc) is 2.97. The van der Waals surface area contributed by atoms with Gasteiger partial charge in [0.05, 0.1) is 11.7 Å². The van der Waals surface area contributed by atoms with Crippen LogP contribution in [0.3, 0.4) is 0 Å². The number of rotatable bonds is 10. The van der Waals surface area contributed by atoms with Crippen LogP contribution in [0.1, 0.15) is 52.0 Å². The van der Waals surface area contributed by atoms with Crippen molar-refractivity contribution in [3.63, 3.8) is 0 Å². The Bertz CT molecular complexity index is 1390. The zero-order valence-electron chi connectivity index (χ0n) is 22.4. The number of fused-ring (bicyclic) bond motifs is 1. The van der Waals surface area contributed by atoms with Gasteiger partial charge >= 0.3 is 0 Å². The molecule has 5 rings (SSSR count). The van der Waals surface area contributed by atoms with Crippen molar-refractivity contribution in [1.82, 2.24) is 19.4 Å². The lowest BCUT2D eigenvalue weighted by Crippen LogP contribution is -2.28. The lowest BCUT2D eigenvalue weighted by Gasteiger charge is -2.26. The Labute approximate surface area is 224 Å². The first-order valence-electron chi connectivity index (χ1n) is 13.8. The maximum atomic E-state index is 13.8. The summed E-state index contributed by atoms with van der Waals surface area (Å²) in [5.41, 5.74) is 2.65. The lowest BCUT2D eigenvalue weighted by atomic mass is 9.94. The summed E-state index contributed by atoms with van der Waals surface area (Å²) in [7, 11) is 0. The van der Waals surface area contributed by atoms with Crippen LogP contribution < -0.4 is 15.6 Å². The number of benzene rings is 1. The molecule has 1 fully saturated rings. The molecule has 0 aliphatic heterocycles. The number of hydrogen-bond donors (Lipinski definition) is 1. The van der Waals surface area contributed by atoms with Crippen molar-refractivity contribution in [2.75, 3.05) is 31.6 Å². The molecule has 7 heteroatoms. The maximum Gasteiger partial charge on any atom is 0.259 e. The number of pyridine rings is 3. The van der Waals surface area contributed by atoms with Crippen molar-refractivity contribution in [2.24, 2.45) is 0 Å². The van der Waals surface area contributed by atoms with Gasteiger partial charge in [-0.25, -0.2) is 9.97 Å². The molecule has 3 heterocycles. The molecule has 1 aliphatic rings. The van der Waals surface area contributed by atoms with Gasteiger partial charge < -0.3 is 19.5 Å². The van der Waals surface area contributed by atoms with Gasteiger partial charge in [0.25, 0.3) is 5.56 Å². The summed E-state index contributed by atoms with van der Waals surface area (Å²) in [6, 6.07) is 17.9. The number of aromatic nitrogens is 3. The Morgan fingerprint density at radius 1 is 0.947 bits per heavy atom. The molecule has 3 aromatic heterocycles. The Morgan fingerprint density at radius 3 is 2.42 bits per heavy atom. The van der Waals surface area contributed by atoms with Crippen LogP contribution in [0, 0.1) is 0 Å². The summed E-state index contributed by atoms with van der Waals surface area (Å²) >= 11 is 0. The second-order valence-electron chi connectivity index (χ2n) is 9.90. The molecule has 0 saturated heterocycles. The highest BCUT2D eigenvalue weighted by molar-refractivity contribution is 5.85. The molecular formula is C31H37N5O2. The van der Waals surface area contributed by atoms with Crippen LogP contribution in [-0.4, -0.2) is 45.7 Å². The van der Waals surface area contributed by atoms with Crippen LogP contribution >= 0.6 is 0 Å². The third-order valence-electron chi connectivity index (χ3n) is 7.51. The van der Waals surface area contributed by atoms with E-state index in [2.05, 4.69) is 34.0 Å². The summed E-state index contributed by atoms with van der Waals surface area (Å²) in [5, 5.41) is 4.27. The van der Waals surface area contributed by atoms with Crippen LogP contribution in [0.15, 0.2) is 71.8 Å². The third kappa shape index (κ3) is 5.89. The molecule has 1 N–H and O–H groups in total. The number of nitrogens with zero attached hydrogens (tertiary/aromatic N) is 4. The number of likely N-dealkylation sites (N-methyl/N-ethyl adjacent to an activating group) is 1. The van der Waals surface area contributed by atoms with Gasteiger partial charge in [-0.1, -0.05) is 63.4 Å². The first-order chi connectivity index (χ1) is 18.7. The SMILES string of the molecule is CCN(CC)CCOc1ccc(Nc2cc3c(cn2)cc(-c2ccccc2)c(=O)n3C2CCCCC2)nc1. The minimum absolute atomic E-state index is 0.0667. The highest BCUT2D eigenvalue weighted by Crippen LogP contribution is 2.32. The van der Waals surface area contributed by atoms with E-state index in [1.165, 1.54) is 6.42 Å². The van der Waals surface area contributed by atoms with E-state index in [1.807, 2.05) is 65.4 Å². The van der Waals surface area contributed by atoms with E-state index in [9.17, 15) is 4.79 Å². The van der Waals surface area contributed by atoms with Crippen LogP contribution in [0.2, 0.25) is 0 Å². The second kappa shape index (κ2) is 12.2. The predicted molar refractivity (Wildman–Crippen MR) is 154 cm³/mol. The Morgan fingerprint density at radius 2 is 1.71 bits per heavy atom. The van der Waals surface area contributed by atoms with Crippen LogP contribution in [-0.2, 0) is 0 Å². The summed E-state index contributed by atoms with van der Waals surface area (Å²) in [5.74, 6) is 2.09. The molecule has 0 unspecified atom stereocenters. The van der Waals surface area contributed by atoms with Crippen molar-refractivity contribution in [3.8, 4) is 16.9 Å². The molecule has 0 spiro atoms. The second-order valence-corrected chi connectivity index (χ2v) is 9.90. The van der Waals surface area contributed by atoms with Crippen molar-refractivity contribution >= 4 is 22.5 Å². The molecule has 4 aromatic rings. The molecule has 0 amide bonds. The van der Waals surface area contributed by atoms with Crippen molar-refractivity contribution in [1.29, 1.82) is 0 Å². The van der Waals surface area contributed by atoms with Gasteiger partial charge in [0.15, 0.2) is 0 Å². The first kappa shape index (κ1) is 25.9. The normalized spacial score (nSPS) is 14.2. The van der Waals surface area contributed by atoms with Crippen molar-refractivity contribution < 1.29 is 4.74 Å². The van der Waals surface area contributed by atoms with Crippen LogP contribution in [0.5, 0.6) is 5.75 Å². The molecule has 1 aromatic carbocycles. The van der Waals surface area contributed by atoms with E-state index >= 15 is 0 Å². The number of nitrogens with one attached hydrogen (secondary N) is 1. The quantitative estimate of drug-likeness (QED) is 0.265. The molecule has 0 bridgehead atoms. The number of anilines is 2. The molecular weight excluding hydrogens is 474 g/mol. The highest BCUT2D eigenvalue weighted by Gasteiger charge is 2.21. The average molecular weight is 512 g/mol. The third-order valence-corrected chi connectivity index (χ3v) is 7.51. The fourth-order valence-electron chi connectivity index (χ4n) is 5.33. The van der Waals surface area contributed by atoms with Gasteiger partial charge in [0.2, 0.25) is 0 Å². The first-order valence-corrected chi connectivity index (χ1v) is 13.8. The summed E-state index contributed by atoms with van der Waals surface area (Å²) < 4.78 is 7.88. The van der Waals surface area contributed by atoms with Crippen molar-refractivity contribution in [3.05, 3.63) is 77.3 Å². The molecule has 1 aliphatic carbocycles. The van der Waals surface area contributed by atoms with E-state index in [0.29, 0.717) is 18.2 Å². The number of ether oxygens (including phenoxy) is 1. The zero-order chi connectivity index (χ0) is 26.3. The van der Waals surface area contributed by atoms with E-state index in [4.69, 9.17) is 4.74 Å². The molecule has 0 radical (unpaired) electrons. The van der Waals surface area contributed by atoms with Crippen molar-refractivity contribution in [2.45, 2.75) is 52.0 Å². The number of hydrogen-bond acceptors (Lipinski definition) is 6. The molecule has 198 valence electrons. The standard InChI is InChI=1S/C31H37N5O2/c1-3-35(4-2)17-18-38-26-15-16-29(33-22-26)34-30-20-28-24(21-32-30)19-27(23-11-7-5-8-12-23)31(37)36(28)25-13-9-6-10-14-25/h5,7-8,11-12,15-16,19-22,25H,3-4,6,9-10,13-14,17-18H2,1-2H3,(H,32,33,34). The smallest absolute Gasteiger partial charge is 0.259 e. The Kier molecular flexibility index (Phi) is 8.34. The van der Waals surface area contributed by atoms with Gasteiger partial charge in [-0.05, 0) is 49.7 Å². The zero-order valence-corrected chi connectivity index (χ0v) is 22.4. The molecule has 7 nitrogen and oxygen atoms in total. The van der Waals surface area contributed by atoms with Gasteiger partial charge in [0.1, 0.15) is 24.0 Å². The predicted octanol–water partition coefficient (Wildman–Crippen LogP) is 6.43. The Hall–Kier alpha value is -3.71. The van der Waals surface area contributed by atoms with E-state index in [-0.39, 0.29) is 11.6 Å². The molecule has 1 saturated carbocycles. The van der Waals surface area contributed by atoms with Gasteiger partial charge in [-0.2, -0.15) is 0 Å². The summed E-state index contributed by atoms with van der Waals surface area (Å²) in [4.78, 5) is 25.4. The van der Waals surface area contributed by atoms with E-state index < -0.39 is 0 Å². The van der Waals surface area contributed by atoms with Gasteiger partial charge in [0, 0.05) is 35.8 Å². The van der Waals surface area contributed by atoms with Gasteiger partial charge in [-0.15, -0.1) is 0 Å². The largest absolute Gasteiger partial charge is 0.491 e. The van der Waals surface area contributed by atoms with E-state index in [0.717, 1.165) is 73.1 Å². The van der Waals surface area contributed by atoms with E-state index in [1.54, 1.807) is 6.20 Å². The topological polar surface area (TPSA) is 72.3 Å². The minimum atomic E-state index is 0.0667. The molecule has 38 heavy (non-hydrogen) atoms. The summed E-state index contributed by atoms with van der Waals surface area (Å²) in [6.07, 6.45) is 9.17. The van der Waals surface area contributed by atoms with Gasteiger partial charge in [-0.3, -0.25) is 4.79 Å². The lowest BCUT2D eigenvalue weighted by molar-refractivity contribution is 0.222. The minimum Gasteiger partial charge on any atom is -0.491 e. The van der Waals surface area contributed by atoms with Crippen LogP contribution in [0.4, 0.5) is 11.6 Å². The fraction of sp³-hybridized carbons (Fsp3) is 0.387. The fourth-order valence-corrected chi connectivity index (χ4v) is 5.33. The highest BCUT2D eigenvalue weighted by atomic mass is 16.5. The molecule has 0 atom stereocenters. The Balaban J connectivity index is 1.41. The monoisotopic (exact) mass is 511 g/mol.